The Balaban J connectivity index is 1.68. The third kappa shape index (κ3) is 2.33. The van der Waals surface area contributed by atoms with Crippen LogP contribution in [0.25, 0.3) is 17.0 Å². The highest BCUT2D eigenvalue weighted by molar-refractivity contribution is 6.16. The quantitative estimate of drug-likeness (QED) is 0.460. The highest BCUT2D eigenvalue weighted by Crippen LogP contribution is 2.54. The fourth-order valence-electron chi connectivity index (χ4n) is 5.19. The number of carbonyl (C=O) groups is 2. The van der Waals surface area contributed by atoms with Gasteiger partial charge in [0, 0.05) is 12.0 Å². The van der Waals surface area contributed by atoms with E-state index in [4.69, 9.17) is 11.5 Å². The molecule has 0 saturated heterocycles. The minimum Gasteiger partial charge on any atom is -0.340 e. The summed E-state index contributed by atoms with van der Waals surface area (Å²) in [6.07, 6.45) is 8.47. The van der Waals surface area contributed by atoms with Crippen LogP contribution in [0, 0.1) is 26.2 Å². The molecule has 2 aliphatic heterocycles. The fourth-order valence-corrected chi connectivity index (χ4v) is 5.19. The maximum atomic E-state index is 14.0. The number of nitrogens with zero attached hydrogens (tertiary/aromatic N) is 6. The number of benzene rings is 1. The van der Waals surface area contributed by atoms with Gasteiger partial charge in [-0.05, 0) is 25.0 Å². The van der Waals surface area contributed by atoms with Crippen LogP contribution in [0.5, 0.6) is 0 Å². The molecule has 0 radical (unpaired) electrons. The molecule has 1 unspecified atom stereocenters. The predicted molar refractivity (Wildman–Crippen MR) is 120 cm³/mol. The number of aromatic nitrogens is 6. The maximum absolute atomic E-state index is 14.0. The highest BCUT2D eigenvalue weighted by Gasteiger charge is 2.58. The number of aryl methyl sites for hydroxylation is 2. The van der Waals surface area contributed by atoms with Crippen molar-refractivity contribution < 1.29 is 9.59 Å². The van der Waals surface area contributed by atoms with E-state index in [1.54, 1.807) is 4.90 Å². The lowest BCUT2D eigenvalue weighted by atomic mass is 9.70. The second-order valence-electron chi connectivity index (χ2n) is 8.22. The molecule has 162 valence electrons. The number of anilines is 2. The molecule has 0 fully saturated rings. The van der Waals surface area contributed by atoms with Gasteiger partial charge in [-0.15, -0.1) is 6.42 Å². The van der Waals surface area contributed by atoms with Gasteiger partial charge in [-0.3, -0.25) is 14.5 Å². The number of fused-ring (bicyclic) bond motifs is 5. The Kier molecular flexibility index (Phi) is 3.77. The molecule has 3 aromatic heterocycles. The van der Waals surface area contributed by atoms with Crippen molar-refractivity contribution in [1.29, 1.82) is 0 Å². The third-order valence-electron chi connectivity index (χ3n) is 6.40. The van der Waals surface area contributed by atoms with E-state index >= 15 is 0 Å². The summed E-state index contributed by atoms with van der Waals surface area (Å²) < 4.78 is 1.54. The van der Waals surface area contributed by atoms with Gasteiger partial charge in [0.25, 0.3) is 0 Å². The summed E-state index contributed by atoms with van der Waals surface area (Å²) in [5.74, 6) is 2.90. The van der Waals surface area contributed by atoms with Crippen molar-refractivity contribution in [1.82, 2.24) is 29.7 Å². The summed E-state index contributed by atoms with van der Waals surface area (Å²) in [7, 11) is 0. The number of nitrogens with one attached hydrogen (secondary N) is 2. The summed E-state index contributed by atoms with van der Waals surface area (Å²) in [4.78, 5) is 44.4. The molecule has 1 spiro atoms. The first-order chi connectivity index (χ1) is 16.0. The summed E-state index contributed by atoms with van der Waals surface area (Å²) in [5, 5.41) is 7.62. The van der Waals surface area contributed by atoms with Crippen LogP contribution in [0.3, 0.4) is 0 Å². The Morgan fingerprint density at radius 2 is 2.06 bits per heavy atom. The molecule has 4 aromatic rings. The smallest absolute Gasteiger partial charge is 0.243 e. The molecule has 1 aromatic carbocycles. The van der Waals surface area contributed by atoms with Crippen LogP contribution in [0.4, 0.5) is 11.5 Å². The van der Waals surface area contributed by atoms with Crippen molar-refractivity contribution in [3.8, 4) is 18.2 Å². The lowest BCUT2D eigenvalue weighted by molar-refractivity contribution is -0.126. The molecule has 33 heavy (non-hydrogen) atoms. The van der Waals surface area contributed by atoms with Crippen molar-refractivity contribution in [2.75, 3.05) is 16.8 Å². The maximum Gasteiger partial charge on any atom is 0.243 e. The Morgan fingerprint density at radius 1 is 1.21 bits per heavy atom. The number of para-hydroxylation sites is 1. The van der Waals surface area contributed by atoms with Crippen molar-refractivity contribution >= 4 is 34.5 Å². The number of imidazole rings is 1. The molecule has 2 amide bonds. The van der Waals surface area contributed by atoms with Gasteiger partial charge in [-0.2, -0.15) is 9.78 Å². The number of rotatable bonds is 2. The first kappa shape index (κ1) is 19.2. The van der Waals surface area contributed by atoms with Gasteiger partial charge in [0.05, 0.1) is 24.3 Å². The molecule has 1 atom stereocenters. The van der Waals surface area contributed by atoms with E-state index in [-0.39, 0.29) is 24.8 Å². The number of hydrogen-bond acceptors (Lipinski definition) is 6. The first-order valence-electron chi connectivity index (χ1n) is 10.4. The molecule has 0 bridgehead atoms. The van der Waals surface area contributed by atoms with Gasteiger partial charge < -0.3 is 10.3 Å². The topological polar surface area (TPSA) is 122 Å². The first-order valence-corrected chi connectivity index (χ1v) is 10.4. The SMILES string of the molecule is C#CCN1C(=O)C2(CC(=O)Nc3c2c(C)nn3-c2ncnc3nc[nH]c23)c2cccc(C)c21. The lowest BCUT2D eigenvalue weighted by Gasteiger charge is -2.33. The van der Waals surface area contributed by atoms with Gasteiger partial charge in [0.1, 0.15) is 23.1 Å². The zero-order chi connectivity index (χ0) is 22.9. The van der Waals surface area contributed by atoms with Crippen LogP contribution in [0.2, 0.25) is 0 Å². The number of hydrogen-bond donors (Lipinski definition) is 2. The Morgan fingerprint density at radius 3 is 2.88 bits per heavy atom. The number of carbonyl (C=O) groups excluding carboxylic acids is 2. The van der Waals surface area contributed by atoms with Gasteiger partial charge in [-0.1, -0.05) is 24.1 Å². The zero-order valence-electron chi connectivity index (χ0n) is 17.9. The molecule has 0 aliphatic carbocycles. The molecule has 2 N–H and O–H groups in total. The van der Waals surface area contributed by atoms with Crippen LogP contribution in [0.15, 0.2) is 30.9 Å². The normalized spacial score (nSPS) is 19.0. The molecule has 2 aliphatic rings. The zero-order valence-corrected chi connectivity index (χ0v) is 17.9. The average Bonchev–Trinajstić information content (AvgIpc) is 3.46. The van der Waals surface area contributed by atoms with Gasteiger partial charge in [-0.25, -0.2) is 15.0 Å². The van der Waals surface area contributed by atoms with Gasteiger partial charge in [0.15, 0.2) is 11.5 Å². The van der Waals surface area contributed by atoms with Crippen LogP contribution < -0.4 is 10.2 Å². The minimum atomic E-state index is -1.22. The van der Waals surface area contributed by atoms with Gasteiger partial charge >= 0.3 is 0 Å². The van der Waals surface area contributed by atoms with Crippen molar-refractivity contribution in [3.63, 3.8) is 0 Å². The summed E-state index contributed by atoms with van der Waals surface area (Å²) in [6.45, 7) is 3.88. The van der Waals surface area contributed by atoms with E-state index in [9.17, 15) is 9.59 Å². The number of terminal acetylenes is 1. The average molecular weight is 438 g/mol. The molecule has 10 nitrogen and oxygen atoms in total. The Hall–Kier alpha value is -4.52. The third-order valence-corrected chi connectivity index (χ3v) is 6.40. The fraction of sp³-hybridized carbons (Fsp3) is 0.217. The molecular formula is C23H18N8O2. The van der Waals surface area contributed by atoms with Crippen molar-refractivity contribution in [3.05, 3.63) is 53.2 Å². The molecule has 10 heteroatoms. The summed E-state index contributed by atoms with van der Waals surface area (Å²) in [6, 6.07) is 5.73. The van der Waals surface area contributed by atoms with E-state index in [0.29, 0.717) is 34.1 Å². The second-order valence-corrected chi connectivity index (χ2v) is 8.22. The standard InChI is InChI=1S/C23H18N8O2/c1-4-8-30-18-12(2)6-5-7-14(18)23(22(30)33)9-15(32)28-20-16(23)13(3)29-31(20)21-17-19(25-10-24-17)26-11-27-21/h1,5-7,10-11H,8-9H2,2-3H3,(H,28,32)(H,24,25,26,27). The number of aromatic amines is 1. The molecule has 5 heterocycles. The number of amides is 2. The predicted octanol–water partition coefficient (Wildman–Crippen LogP) is 1.76. The van der Waals surface area contributed by atoms with E-state index in [2.05, 4.69) is 31.2 Å². The van der Waals surface area contributed by atoms with Crippen molar-refractivity contribution in [2.24, 2.45) is 0 Å². The molecular weight excluding hydrogens is 420 g/mol. The van der Waals surface area contributed by atoms with Crippen LogP contribution in [-0.2, 0) is 15.0 Å². The largest absolute Gasteiger partial charge is 0.340 e. The highest BCUT2D eigenvalue weighted by atomic mass is 16.2. The Bertz CT molecular complexity index is 1540. The molecule has 0 saturated carbocycles. The van der Waals surface area contributed by atoms with E-state index in [1.807, 2.05) is 32.0 Å². The van der Waals surface area contributed by atoms with Gasteiger partial charge in [0.2, 0.25) is 11.8 Å². The minimum absolute atomic E-state index is 0.0356. The summed E-state index contributed by atoms with van der Waals surface area (Å²) >= 11 is 0. The van der Waals surface area contributed by atoms with E-state index < -0.39 is 5.41 Å². The van der Waals surface area contributed by atoms with Crippen LogP contribution in [0.1, 0.15) is 28.8 Å². The monoisotopic (exact) mass is 438 g/mol. The van der Waals surface area contributed by atoms with Crippen LogP contribution >= 0.6 is 0 Å². The molecule has 6 rings (SSSR count). The lowest BCUT2D eigenvalue weighted by Crippen LogP contribution is -2.47. The summed E-state index contributed by atoms with van der Waals surface area (Å²) in [5.41, 5.74) is 3.50. The van der Waals surface area contributed by atoms with E-state index in [0.717, 1.165) is 16.8 Å². The number of H-pyrrole nitrogens is 1. The van der Waals surface area contributed by atoms with E-state index in [1.165, 1.54) is 17.3 Å². The second kappa shape index (κ2) is 6.49. The van der Waals surface area contributed by atoms with Crippen LogP contribution in [-0.4, -0.2) is 48.1 Å². The Labute approximate surface area is 188 Å². The van der Waals surface area contributed by atoms with Crippen molar-refractivity contribution in [2.45, 2.75) is 25.7 Å².